The fourth-order valence-electron chi connectivity index (χ4n) is 2.11. The first-order valence-corrected chi connectivity index (χ1v) is 4.79. The summed E-state index contributed by atoms with van der Waals surface area (Å²) in [5.74, 6) is -0.0957. The van der Waals surface area contributed by atoms with E-state index in [1.165, 1.54) is 0 Å². The van der Waals surface area contributed by atoms with Crippen LogP contribution in [0.4, 0.5) is 13.2 Å². The van der Waals surface area contributed by atoms with E-state index in [1.54, 1.807) is 6.92 Å². The van der Waals surface area contributed by atoms with Crippen LogP contribution in [0.25, 0.3) is 0 Å². The minimum atomic E-state index is -4.50. The van der Waals surface area contributed by atoms with E-state index in [2.05, 4.69) is 0 Å². The number of halogens is 3. The van der Waals surface area contributed by atoms with Gasteiger partial charge in [0.05, 0.1) is 0 Å². The maximum absolute atomic E-state index is 12.4. The van der Waals surface area contributed by atoms with Gasteiger partial charge in [0.25, 0.3) is 0 Å². The smallest absolute Gasteiger partial charge is 0.380 e. The van der Waals surface area contributed by atoms with E-state index in [4.69, 9.17) is 5.73 Å². The summed E-state index contributed by atoms with van der Waals surface area (Å²) in [6, 6.07) is -0.101. The molecule has 84 valence electrons. The van der Waals surface area contributed by atoms with E-state index in [9.17, 15) is 18.3 Å². The van der Waals surface area contributed by atoms with Gasteiger partial charge in [-0.2, -0.15) is 13.2 Å². The zero-order valence-electron chi connectivity index (χ0n) is 8.14. The van der Waals surface area contributed by atoms with Crippen LogP contribution in [0.15, 0.2) is 0 Å². The van der Waals surface area contributed by atoms with Crippen LogP contribution in [0.1, 0.15) is 32.6 Å². The van der Waals surface area contributed by atoms with Crippen LogP contribution in [0.5, 0.6) is 0 Å². The third-order valence-electron chi connectivity index (χ3n) is 2.83. The van der Waals surface area contributed by atoms with E-state index in [-0.39, 0.29) is 24.8 Å². The molecular weight excluding hydrogens is 195 g/mol. The Hall–Kier alpha value is -0.290. The minimum absolute atomic E-state index is 0.0957. The molecule has 0 spiro atoms. The molecule has 0 aromatic carbocycles. The molecule has 0 saturated heterocycles. The Labute approximate surface area is 81.3 Å². The molecule has 0 aliphatic heterocycles. The Kier molecular flexibility index (Phi) is 3.11. The van der Waals surface area contributed by atoms with Crippen molar-refractivity contribution >= 4 is 0 Å². The summed E-state index contributed by atoms with van der Waals surface area (Å²) in [6.07, 6.45) is -3.92. The Morgan fingerprint density at radius 3 is 2.50 bits per heavy atom. The first-order chi connectivity index (χ1) is 6.24. The van der Waals surface area contributed by atoms with Crippen LogP contribution in [0.2, 0.25) is 0 Å². The molecule has 0 aromatic rings. The highest BCUT2D eigenvalue weighted by Gasteiger charge is 2.56. The van der Waals surface area contributed by atoms with Crippen molar-refractivity contribution in [2.75, 3.05) is 0 Å². The van der Waals surface area contributed by atoms with Gasteiger partial charge in [0.1, 0.15) is 0 Å². The number of aliphatic hydroxyl groups is 1. The van der Waals surface area contributed by atoms with Crippen molar-refractivity contribution < 1.29 is 18.3 Å². The van der Waals surface area contributed by atoms with Gasteiger partial charge in [0, 0.05) is 6.04 Å². The SMILES string of the molecule is CC(N)CC1CCC(O)(C(F)(F)F)C1. The second-order valence-corrected chi connectivity index (χ2v) is 4.35. The lowest BCUT2D eigenvalue weighted by atomic mass is 9.96. The van der Waals surface area contributed by atoms with Gasteiger partial charge >= 0.3 is 6.18 Å². The van der Waals surface area contributed by atoms with Gasteiger partial charge in [-0.1, -0.05) is 0 Å². The molecule has 14 heavy (non-hydrogen) atoms. The quantitative estimate of drug-likeness (QED) is 0.731. The highest BCUT2D eigenvalue weighted by molar-refractivity contribution is 4.95. The Morgan fingerprint density at radius 2 is 2.14 bits per heavy atom. The first kappa shape index (κ1) is 11.8. The number of rotatable bonds is 2. The van der Waals surface area contributed by atoms with Crippen molar-refractivity contribution in [3.05, 3.63) is 0 Å². The molecule has 3 atom stereocenters. The van der Waals surface area contributed by atoms with Gasteiger partial charge in [0.2, 0.25) is 0 Å². The van der Waals surface area contributed by atoms with Gasteiger partial charge in [-0.15, -0.1) is 0 Å². The van der Waals surface area contributed by atoms with Crippen molar-refractivity contribution in [3.63, 3.8) is 0 Å². The molecule has 3 N–H and O–H groups in total. The lowest BCUT2D eigenvalue weighted by molar-refractivity contribution is -0.258. The third kappa shape index (κ3) is 2.39. The first-order valence-electron chi connectivity index (χ1n) is 4.79. The minimum Gasteiger partial charge on any atom is -0.380 e. The predicted octanol–water partition coefficient (Wildman–Crippen LogP) is 1.82. The monoisotopic (exact) mass is 211 g/mol. The second-order valence-electron chi connectivity index (χ2n) is 4.35. The molecule has 3 unspecified atom stereocenters. The molecule has 0 radical (unpaired) electrons. The number of hydrogen-bond acceptors (Lipinski definition) is 2. The largest absolute Gasteiger partial charge is 0.417 e. The zero-order chi connectivity index (χ0) is 11.0. The third-order valence-corrected chi connectivity index (χ3v) is 2.83. The highest BCUT2D eigenvalue weighted by Crippen LogP contribution is 2.46. The molecule has 0 aromatic heterocycles. The molecule has 1 rings (SSSR count). The van der Waals surface area contributed by atoms with Gasteiger partial charge in [0.15, 0.2) is 5.60 Å². The molecule has 1 fully saturated rings. The fraction of sp³-hybridized carbons (Fsp3) is 1.00. The van der Waals surface area contributed by atoms with Crippen molar-refractivity contribution in [1.29, 1.82) is 0 Å². The van der Waals surface area contributed by atoms with Crippen molar-refractivity contribution in [2.24, 2.45) is 11.7 Å². The molecule has 0 heterocycles. The topological polar surface area (TPSA) is 46.2 Å². The molecule has 0 bridgehead atoms. The summed E-state index contributed by atoms with van der Waals surface area (Å²) < 4.78 is 37.1. The maximum atomic E-state index is 12.4. The number of hydrogen-bond donors (Lipinski definition) is 2. The van der Waals surface area contributed by atoms with Crippen LogP contribution < -0.4 is 5.73 Å². The highest BCUT2D eigenvalue weighted by atomic mass is 19.4. The number of alkyl halides is 3. The summed E-state index contributed by atoms with van der Waals surface area (Å²) in [4.78, 5) is 0. The van der Waals surface area contributed by atoms with Gasteiger partial charge < -0.3 is 10.8 Å². The standard InChI is InChI=1S/C9H16F3NO/c1-6(13)4-7-2-3-8(14,5-7)9(10,11)12/h6-7,14H,2-5,13H2,1H3. The van der Waals surface area contributed by atoms with Crippen LogP contribution in [-0.4, -0.2) is 22.9 Å². The summed E-state index contributed by atoms with van der Waals surface area (Å²) in [5, 5.41) is 9.35. The summed E-state index contributed by atoms with van der Waals surface area (Å²) in [5.41, 5.74) is 3.04. The average molecular weight is 211 g/mol. The Balaban J connectivity index is 2.56. The van der Waals surface area contributed by atoms with Crippen LogP contribution in [0, 0.1) is 5.92 Å². The summed E-state index contributed by atoms with van der Waals surface area (Å²) in [6.45, 7) is 1.77. The molecule has 2 nitrogen and oxygen atoms in total. The van der Waals surface area contributed by atoms with E-state index in [1.807, 2.05) is 0 Å². The fourth-order valence-corrected chi connectivity index (χ4v) is 2.11. The van der Waals surface area contributed by atoms with Crippen LogP contribution >= 0.6 is 0 Å². The summed E-state index contributed by atoms with van der Waals surface area (Å²) in [7, 11) is 0. The van der Waals surface area contributed by atoms with Gasteiger partial charge in [-0.25, -0.2) is 0 Å². The molecule has 0 amide bonds. The van der Waals surface area contributed by atoms with Crippen molar-refractivity contribution in [3.8, 4) is 0 Å². The molecule has 5 heteroatoms. The molecular formula is C9H16F3NO. The lowest BCUT2D eigenvalue weighted by Gasteiger charge is -2.26. The Morgan fingerprint density at radius 1 is 1.57 bits per heavy atom. The van der Waals surface area contributed by atoms with E-state index >= 15 is 0 Å². The normalized spacial score (nSPS) is 36.0. The second kappa shape index (κ2) is 3.70. The molecule has 1 aliphatic carbocycles. The predicted molar refractivity (Wildman–Crippen MR) is 46.6 cm³/mol. The van der Waals surface area contributed by atoms with Crippen LogP contribution in [-0.2, 0) is 0 Å². The van der Waals surface area contributed by atoms with E-state index in [0.29, 0.717) is 12.8 Å². The Bertz CT molecular complexity index is 205. The zero-order valence-corrected chi connectivity index (χ0v) is 8.14. The molecule has 1 saturated carbocycles. The van der Waals surface area contributed by atoms with E-state index in [0.717, 1.165) is 0 Å². The van der Waals surface area contributed by atoms with Crippen LogP contribution in [0.3, 0.4) is 0 Å². The lowest BCUT2D eigenvalue weighted by Crippen LogP contribution is -2.42. The maximum Gasteiger partial charge on any atom is 0.417 e. The van der Waals surface area contributed by atoms with Gasteiger partial charge in [-0.3, -0.25) is 0 Å². The van der Waals surface area contributed by atoms with E-state index < -0.39 is 11.8 Å². The summed E-state index contributed by atoms with van der Waals surface area (Å²) >= 11 is 0. The van der Waals surface area contributed by atoms with Crippen molar-refractivity contribution in [1.82, 2.24) is 0 Å². The molecule has 1 aliphatic rings. The average Bonchev–Trinajstić information content (AvgIpc) is 2.30. The number of nitrogens with two attached hydrogens (primary N) is 1. The van der Waals surface area contributed by atoms with Crippen molar-refractivity contribution in [2.45, 2.75) is 50.4 Å². The van der Waals surface area contributed by atoms with Gasteiger partial charge in [-0.05, 0) is 38.5 Å².